The summed E-state index contributed by atoms with van der Waals surface area (Å²) >= 11 is 12.3. The highest BCUT2D eigenvalue weighted by atomic mass is 35.5. The van der Waals surface area contributed by atoms with Gasteiger partial charge in [0.1, 0.15) is 17.2 Å². The Hall–Kier alpha value is -3.77. The maximum absolute atomic E-state index is 14.1. The van der Waals surface area contributed by atoms with Crippen molar-refractivity contribution in [2.24, 2.45) is 0 Å². The molecule has 1 amide bonds. The summed E-state index contributed by atoms with van der Waals surface area (Å²) in [7, 11) is -6.83. The predicted molar refractivity (Wildman–Crippen MR) is 173 cm³/mol. The summed E-state index contributed by atoms with van der Waals surface area (Å²) in [6.45, 7) is 3.17. The molecule has 1 aliphatic heterocycles. The highest BCUT2D eigenvalue weighted by molar-refractivity contribution is 7.93. The van der Waals surface area contributed by atoms with Crippen LogP contribution in [0, 0.1) is 13.8 Å². The molecule has 0 fully saturated rings. The van der Waals surface area contributed by atoms with E-state index in [2.05, 4.69) is 5.32 Å². The molecule has 0 aromatic heterocycles. The van der Waals surface area contributed by atoms with E-state index in [4.69, 9.17) is 27.9 Å². The summed E-state index contributed by atoms with van der Waals surface area (Å²) in [5.74, 6) is -0.526. The van der Waals surface area contributed by atoms with Crippen molar-refractivity contribution in [3.8, 4) is 5.75 Å². The van der Waals surface area contributed by atoms with E-state index < -0.39 is 32.5 Å². The molecule has 44 heavy (non-hydrogen) atoms. The molecule has 5 rings (SSSR count). The first-order valence-electron chi connectivity index (χ1n) is 13.5. The lowest BCUT2D eigenvalue weighted by Gasteiger charge is -2.26. The quantitative estimate of drug-likeness (QED) is 0.226. The second-order valence-corrected chi connectivity index (χ2v) is 14.8. The summed E-state index contributed by atoms with van der Waals surface area (Å²) in [5, 5.41) is 3.48. The van der Waals surface area contributed by atoms with Crippen LogP contribution >= 0.6 is 23.2 Å². The summed E-state index contributed by atoms with van der Waals surface area (Å²) in [6.07, 6.45) is 0.495. The number of sulfonamides is 2. The molecule has 230 valence electrons. The van der Waals surface area contributed by atoms with Crippen molar-refractivity contribution in [3.05, 3.63) is 106 Å². The van der Waals surface area contributed by atoms with Crippen LogP contribution in [0.1, 0.15) is 16.7 Å². The molecule has 1 N–H and O–H groups in total. The van der Waals surface area contributed by atoms with E-state index in [0.717, 1.165) is 15.4 Å². The summed E-state index contributed by atoms with van der Waals surface area (Å²) in [4.78, 5) is 13.4. The van der Waals surface area contributed by atoms with Gasteiger partial charge in [0, 0.05) is 22.3 Å². The number of nitrogens with one attached hydrogen (secondary N) is 1. The summed E-state index contributed by atoms with van der Waals surface area (Å²) < 4.78 is 62.5. The Morgan fingerprint density at radius 2 is 1.66 bits per heavy atom. The Morgan fingerprint density at radius 1 is 0.932 bits per heavy atom. The van der Waals surface area contributed by atoms with E-state index in [-0.39, 0.29) is 27.8 Å². The summed E-state index contributed by atoms with van der Waals surface area (Å²) in [6, 6.07) is 20.3. The standard InChI is InChI=1S/C31H29Cl2N3O6S2/c1-20-4-13-29(42-3)30(16-20)44(40,41)36(25-10-5-21(2)27(33)18-25)19-31(37)34-24-9-6-22-14-15-35(28(22)17-24)43(38,39)26-11-7-23(32)8-12-26/h4-13,16-18H,14-15,19H2,1-3H3,(H,34,37). The number of amides is 1. The Kier molecular flexibility index (Phi) is 8.86. The molecule has 4 aromatic rings. The largest absolute Gasteiger partial charge is 0.495 e. The van der Waals surface area contributed by atoms with E-state index in [1.54, 1.807) is 56.3 Å². The number of aryl methyl sites for hydroxylation is 2. The number of rotatable bonds is 9. The normalized spacial score (nSPS) is 13.0. The molecular formula is C31H29Cl2N3O6S2. The minimum atomic E-state index is -4.32. The van der Waals surface area contributed by atoms with Gasteiger partial charge < -0.3 is 10.1 Å². The van der Waals surface area contributed by atoms with Crippen molar-refractivity contribution in [1.29, 1.82) is 0 Å². The average molecular weight is 675 g/mol. The number of methoxy groups -OCH3 is 1. The zero-order chi connectivity index (χ0) is 31.8. The van der Waals surface area contributed by atoms with Gasteiger partial charge in [-0.1, -0.05) is 41.4 Å². The van der Waals surface area contributed by atoms with Crippen LogP contribution in [-0.4, -0.2) is 42.9 Å². The fourth-order valence-corrected chi connectivity index (χ4v) is 8.35. The van der Waals surface area contributed by atoms with E-state index in [0.29, 0.717) is 33.4 Å². The van der Waals surface area contributed by atoms with Crippen molar-refractivity contribution in [1.82, 2.24) is 0 Å². The number of anilines is 3. The topological polar surface area (TPSA) is 113 Å². The maximum atomic E-state index is 14.1. The van der Waals surface area contributed by atoms with Crippen LogP contribution in [0.2, 0.25) is 10.0 Å². The molecule has 4 aromatic carbocycles. The van der Waals surface area contributed by atoms with Gasteiger partial charge in [0.15, 0.2) is 0 Å². The number of hydrogen-bond acceptors (Lipinski definition) is 6. The third kappa shape index (κ3) is 6.23. The van der Waals surface area contributed by atoms with Crippen molar-refractivity contribution in [2.45, 2.75) is 30.1 Å². The van der Waals surface area contributed by atoms with Crippen molar-refractivity contribution in [3.63, 3.8) is 0 Å². The van der Waals surface area contributed by atoms with Crippen molar-refractivity contribution in [2.75, 3.05) is 34.1 Å². The molecule has 0 radical (unpaired) electrons. The van der Waals surface area contributed by atoms with Crippen LogP contribution in [0.25, 0.3) is 0 Å². The number of ether oxygens (including phenoxy) is 1. The third-order valence-corrected chi connectivity index (χ3v) is 11.5. The lowest BCUT2D eigenvalue weighted by Crippen LogP contribution is -2.38. The monoisotopic (exact) mass is 673 g/mol. The molecule has 1 heterocycles. The molecule has 0 spiro atoms. The van der Waals surface area contributed by atoms with Gasteiger partial charge in [-0.2, -0.15) is 0 Å². The molecule has 0 unspecified atom stereocenters. The van der Waals surface area contributed by atoms with Crippen LogP contribution in [-0.2, 0) is 31.3 Å². The first-order valence-corrected chi connectivity index (χ1v) is 17.1. The lowest BCUT2D eigenvalue weighted by molar-refractivity contribution is -0.114. The van der Waals surface area contributed by atoms with Gasteiger partial charge in [-0.15, -0.1) is 0 Å². The number of fused-ring (bicyclic) bond motifs is 1. The molecular weight excluding hydrogens is 645 g/mol. The number of halogens is 2. The molecule has 0 aliphatic carbocycles. The van der Waals surface area contributed by atoms with Gasteiger partial charge in [0.05, 0.1) is 23.4 Å². The molecule has 9 nitrogen and oxygen atoms in total. The Morgan fingerprint density at radius 3 is 2.34 bits per heavy atom. The Balaban J connectivity index is 1.46. The van der Waals surface area contributed by atoms with E-state index >= 15 is 0 Å². The van der Waals surface area contributed by atoms with Crippen LogP contribution in [0.15, 0.2) is 88.7 Å². The van der Waals surface area contributed by atoms with Crippen molar-refractivity contribution < 1.29 is 26.4 Å². The van der Waals surface area contributed by atoms with Gasteiger partial charge in [-0.25, -0.2) is 16.8 Å². The minimum Gasteiger partial charge on any atom is -0.495 e. The second-order valence-electron chi connectivity index (χ2n) is 10.3. The lowest BCUT2D eigenvalue weighted by atomic mass is 10.1. The van der Waals surface area contributed by atoms with E-state index in [1.807, 2.05) is 0 Å². The van der Waals surface area contributed by atoms with Gasteiger partial charge in [-0.3, -0.25) is 13.4 Å². The number of carbonyl (C=O) groups is 1. The number of benzene rings is 4. The molecule has 0 atom stereocenters. The zero-order valence-electron chi connectivity index (χ0n) is 24.0. The second kappa shape index (κ2) is 12.3. The highest BCUT2D eigenvalue weighted by Crippen LogP contribution is 2.36. The first kappa shape index (κ1) is 31.6. The molecule has 13 heteroatoms. The molecule has 0 bridgehead atoms. The van der Waals surface area contributed by atoms with E-state index in [9.17, 15) is 21.6 Å². The fraction of sp³-hybridized carbons (Fsp3) is 0.194. The van der Waals surface area contributed by atoms with E-state index in [1.165, 1.54) is 47.8 Å². The predicted octanol–water partition coefficient (Wildman–Crippen LogP) is 6.20. The van der Waals surface area contributed by atoms with Gasteiger partial charge in [0.25, 0.3) is 20.0 Å². The van der Waals surface area contributed by atoms with Gasteiger partial charge >= 0.3 is 0 Å². The fourth-order valence-electron chi connectivity index (χ4n) is 4.90. The van der Waals surface area contributed by atoms with Crippen LogP contribution in [0.4, 0.5) is 17.1 Å². The SMILES string of the molecule is COc1ccc(C)cc1S(=O)(=O)N(CC(=O)Nc1ccc2c(c1)N(S(=O)(=O)c1ccc(Cl)cc1)CC2)c1ccc(C)c(Cl)c1. The van der Waals surface area contributed by atoms with Crippen molar-refractivity contribution >= 4 is 66.2 Å². The zero-order valence-corrected chi connectivity index (χ0v) is 27.2. The first-order chi connectivity index (χ1) is 20.8. The third-order valence-electron chi connectivity index (χ3n) is 7.24. The molecule has 0 saturated carbocycles. The highest BCUT2D eigenvalue weighted by Gasteiger charge is 2.33. The van der Waals surface area contributed by atoms with Crippen LogP contribution in [0.5, 0.6) is 5.75 Å². The number of carbonyl (C=O) groups excluding carboxylic acids is 1. The van der Waals surface area contributed by atoms with Gasteiger partial charge in [-0.05, 0) is 97.6 Å². The van der Waals surface area contributed by atoms with Crippen LogP contribution in [0.3, 0.4) is 0 Å². The number of nitrogens with zero attached hydrogens (tertiary/aromatic N) is 2. The number of hydrogen-bond donors (Lipinski definition) is 1. The Bertz CT molecular complexity index is 1970. The maximum Gasteiger partial charge on any atom is 0.268 e. The molecule has 0 saturated heterocycles. The van der Waals surface area contributed by atoms with Crippen LogP contribution < -0.4 is 18.7 Å². The minimum absolute atomic E-state index is 0.0911. The smallest absolute Gasteiger partial charge is 0.268 e. The van der Waals surface area contributed by atoms with Gasteiger partial charge in [0.2, 0.25) is 5.91 Å². The summed E-state index contributed by atoms with van der Waals surface area (Å²) in [5.41, 5.74) is 3.14. The average Bonchev–Trinajstić information content (AvgIpc) is 3.42. The molecule has 1 aliphatic rings. The Labute approximate surface area is 267 Å².